The summed E-state index contributed by atoms with van der Waals surface area (Å²) in [6.07, 6.45) is 0.525. The molecule has 0 aliphatic heterocycles. The topological polar surface area (TPSA) is 95.5 Å². The van der Waals surface area contributed by atoms with E-state index >= 15 is 0 Å². The summed E-state index contributed by atoms with van der Waals surface area (Å²) in [5.41, 5.74) is 2.83. The Balaban J connectivity index is 1.76. The number of hydrogen-bond acceptors (Lipinski definition) is 3. The lowest BCUT2D eigenvalue weighted by Gasteiger charge is -2.14. The van der Waals surface area contributed by atoms with Gasteiger partial charge in [-0.3, -0.25) is 14.4 Å². The monoisotopic (exact) mass is 368 g/mol. The van der Waals surface area contributed by atoms with Crippen molar-refractivity contribution in [1.29, 1.82) is 0 Å². The largest absolute Gasteiger partial charge is 0.481 e. The Labute approximate surface area is 158 Å². The number of carbonyl (C=O) groups excluding carboxylic acids is 2. The number of benzene rings is 2. The van der Waals surface area contributed by atoms with Crippen molar-refractivity contribution >= 4 is 17.8 Å². The van der Waals surface area contributed by atoms with Crippen molar-refractivity contribution in [3.8, 4) is 0 Å². The predicted octanol–water partition coefficient (Wildman–Crippen LogP) is 1.71. The minimum Gasteiger partial charge on any atom is -0.481 e. The van der Waals surface area contributed by atoms with Crippen LogP contribution >= 0.6 is 0 Å². The zero-order chi connectivity index (χ0) is 19.6. The summed E-state index contributed by atoms with van der Waals surface area (Å²) in [5, 5.41) is 14.5. The number of rotatable bonds is 9. The van der Waals surface area contributed by atoms with Crippen molar-refractivity contribution in [2.75, 3.05) is 13.1 Å². The predicted molar refractivity (Wildman–Crippen MR) is 102 cm³/mol. The molecule has 2 aromatic carbocycles. The van der Waals surface area contributed by atoms with Crippen LogP contribution in [0.3, 0.4) is 0 Å². The first-order chi connectivity index (χ1) is 12.9. The van der Waals surface area contributed by atoms with Gasteiger partial charge in [-0.25, -0.2) is 0 Å². The molecule has 0 fully saturated rings. The van der Waals surface area contributed by atoms with Gasteiger partial charge in [0.15, 0.2) is 0 Å². The van der Waals surface area contributed by atoms with E-state index in [9.17, 15) is 19.5 Å². The van der Waals surface area contributed by atoms with Crippen molar-refractivity contribution in [1.82, 2.24) is 10.6 Å². The molecule has 0 radical (unpaired) electrons. The van der Waals surface area contributed by atoms with Crippen LogP contribution in [0.1, 0.15) is 16.7 Å². The highest BCUT2D eigenvalue weighted by atomic mass is 16.4. The molecule has 6 heteroatoms. The minimum absolute atomic E-state index is 0.0106. The first-order valence-corrected chi connectivity index (χ1v) is 8.79. The molecule has 2 amide bonds. The lowest BCUT2D eigenvalue weighted by molar-refractivity contribution is -0.141. The number of carboxylic acid groups (broad SMARTS) is 1. The molecule has 0 spiro atoms. The van der Waals surface area contributed by atoms with E-state index in [4.69, 9.17) is 0 Å². The minimum atomic E-state index is -0.968. The van der Waals surface area contributed by atoms with Crippen LogP contribution in [0.15, 0.2) is 54.6 Å². The molecule has 2 aromatic rings. The zero-order valence-electron chi connectivity index (χ0n) is 15.3. The molecule has 0 aliphatic carbocycles. The summed E-state index contributed by atoms with van der Waals surface area (Å²) >= 11 is 0. The van der Waals surface area contributed by atoms with Crippen LogP contribution in [0, 0.1) is 12.8 Å². The summed E-state index contributed by atoms with van der Waals surface area (Å²) < 4.78 is 0. The van der Waals surface area contributed by atoms with E-state index in [1.165, 1.54) is 0 Å². The maximum Gasteiger partial charge on any atom is 0.308 e. The molecule has 2 rings (SSSR count). The van der Waals surface area contributed by atoms with Crippen molar-refractivity contribution in [3.05, 3.63) is 71.3 Å². The summed E-state index contributed by atoms with van der Waals surface area (Å²) in [7, 11) is 0. The molecular formula is C21H24N2O4. The van der Waals surface area contributed by atoms with Gasteiger partial charge in [-0.15, -0.1) is 0 Å². The van der Waals surface area contributed by atoms with Crippen LogP contribution in [0.5, 0.6) is 0 Å². The van der Waals surface area contributed by atoms with Crippen molar-refractivity contribution in [3.63, 3.8) is 0 Å². The Morgan fingerprint density at radius 2 is 1.63 bits per heavy atom. The van der Waals surface area contributed by atoms with Crippen molar-refractivity contribution < 1.29 is 19.5 Å². The van der Waals surface area contributed by atoms with Crippen LogP contribution in [-0.2, 0) is 27.2 Å². The van der Waals surface area contributed by atoms with Crippen LogP contribution < -0.4 is 10.6 Å². The standard InChI is InChI=1S/C21H24N2O4/c1-15-6-5-9-17(10-15)11-18(21(26)27)13-22-20(25)14-23-19(24)12-16-7-3-2-4-8-16/h2-10,18H,11-14H2,1H3,(H,22,25)(H,23,24)(H,26,27). The highest BCUT2D eigenvalue weighted by Crippen LogP contribution is 2.11. The molecule has 3 N–H and O–H groups in total. The molecule has 0 saturated carbocycles. The molecule has 6 nitrogen and oxygen atoms in total. The lowest BCUT2D eigenvalue weighted by atomic mass is 9.98. The van der Waals surface area contributed by atoms with Crippen LogP contribution in [0.25, 0.3) is 0 Å². The second kappa shape index (κ2) is 10.1. The van der Waals surface area contributed by atoms with Gasteiger partial charge < -0.3 is 15.7 Å². The zero-order valence-corrected chi connectivity index (χ0v) is 15.3. The number of aliphatic carboxylic acids is 1. The summed E-state index contributed by atoms with van der Waals surface area (Å²) in [4.78, 5) is 35.2. The highest BCUT2D eigenvalue weighted by Gasteiger charge is 2.19. The molecule has 0 bridgehead atoms. The molecule has 1 unspecified atom stereocenters. The third-order valence-electron chi connectivity index (χ3n) is 4.11. The van der Waals surface area contributed by atoms with E-state index in [0.29, 0.717) is 6.42 Å². The fourth-order valence-electron chi connectivity index (χ4n) is 2.69. The number of nitrogens with one attached hydrogen (secondary N) is 2. The first kappa shape index (κ1) is 20.2. The van der Waals surface area contributed by atoms with E-state index in [-0.39, 0.29) is 25.4 Å². The van der Waals surface area contributed by atoms with Gasteiger partial charge in [0, 0.05) is 6.54 Å². The summed E-state index contributed by atoms with van der Waals surface area (Å²) in [6.45, 7) is 1.78. The molecule has 0 aromatic heterocycles. The number of carbonyl (C=O) groups is 3. The third kappa shape index (κ3) is 7.32. The van der Waals surface area contributed by atoms with Gasteiger partial charge >= 0.3 is 5.97 Å². The summed E-state index contributed by atoms with van der Waals surface area (Å²) in [6, 6.07) is 16.8. The number of amides is 2. The van der Waals surface area contributed by atoms with Gasteiger partial charge in [0.25, 0.3) is 0 Å². The van der Waals surface area contributed by atoms with Crippen molar-refractivity contribution in [2.45, 2.75) is 19.8 Å². The fourth-order valence-corrected chi connectivity index (χ4v) is 2.69. The van der Waals surface area contributed by atoms with Gasteiger partial charge in [0.2, 0.25) is 11.8 Å². The quantitative estimate of drug-likeness (QED) is 0.628. The maximum absolute atomic E-state index is 11.9. The number of carboxylic acids is 1. The SMILES string of the molecule is Cc1cccc(CC(CNC(=O)CNC(=O)Cc2ccccc2)C(=O)O)c1. The van der Waals surface area contributed by atoms with E-state index in [0.717, 1.165) is 16.7 Å². The highest BCUT2D eigenvalue weighted by molar-refractivity contribution is 5.86. The second-order valence-corrected chi connectivity index (χ2v) is 6.47. The van der Waals surface area contributed by atoms with Crippen LogP contribution in [-0.4, -0.2) is 36.0 Å². The van der Waals surface area contributed by atoms with Gasteiger partial charge in [-0.2, -0.15) is 0 Å². The fraction of sp³-hybridized carbons (Fsp3) is 0.286. The van der Waals surface area contributed by atoms with E-state index in [2.05, 4.69) is 10.6 Å². The van der Waals surface area contributed by atoms with Gasteiger partial charge in [-0.1, -0.05) is 60.2 Å². The number of hydrogen-bond donors (Lipinski definition) is 3. The molecule has 0 aliphatic rings. The Bertz CT molecular complexity index is 790. The van der Waals surface area contributed by atoms with E-state index in [1.54, 1.807) is 0 Å². The molecule has 0 saturated heterocycles. The summed E-state index contributed by atoms with van der Waals surface area (Å²) in [5.74, 6) is -2.36. The molecule has 142 valence electrons. The number of aryl methyl sites for hydroxylation is 1. The van der Waals surface area contributed by atoms with E-state index in [1.807, 2.05) is 61.5 Å². The Morgan fingerprint density at radius 1 is 0.926 bits per heavy atom. The normalized spacial score (nSPS) is 11.4. The Morgan fingerprint density at radius 3 is 2.30 bits per heavy atom. The van der Waals surface area contributed by atoms with Gasteiger partial charge in [0.05, 0.1) is 18.9 Å². The third-order valence-corrected chi connectivity index (χ3v) is 4.11. The van der Waals surface area contributed by atoms with Gasteiger partial charge in [-0.05, 0) is 24.5 Å². The van der Waals surface area contributed by atoms with Gasteiger partial charge in [0.1, 0.15) is 0 Å². The maximum atomic E-state index is 11.9. The average Bonchev–Trinajstić information content (AvgIpc) is 2.64. The smallest absolute Gasteiger partial charge is 0.308 e. The Kier molecular flexibility index (Phi) is 7.55. The van der Waals surface area contributed by atoms with Crippen LogP contribution in [0.2, 0.25) is 0 Å². The first-order valence-electron chi connectivity index (χ1n) is 8.79. The molecule has 0 heterocycles. The van der Waals surface area contributed by atoms with E-state index < -0.39 is 17.8 Å². The van der Waals surface area contributed by atoms with Crippen molar-refractivity contribution in [2.24, 2.45) is 5.92 Å². The molecule has 1 atom stereocenters. The molecular weight excluding hydrogens is 344 g/mol. The molecule has 27 heavy (non-hydrogen) atoms. The lowest BCUT2D eigenvalue weighted by Crippen LogP contribution is -2.41. The average molecular weight is 368 g/mol. The van der Waals surface area contributed by atoms with Crippen LogP contribution in [0.4, 0.5) is 0 Å². The Hall–Kier alpha value is -3.15. The second-order valence-electron chi connectivity index (χ2n) is 6.47.